The Balaban J connectivity index is 3.50. The summed E-state index contributed by atoms with van der Waals surface area (Å²) in [7, 11) is 1.08. The summed E-state index contributed by atoms with van der Waals surface area (Å²) < 4.78 is 38.5. The number of carbonyl (C=O) groups excluding carboxylic acids is 1. The second-order valence-corrected chi connectivity index (χ2v) is 5.14. The third kappa shape index (κ3) is 3.43. The summed E-state index contributed by atoms with van der Waals surface area (Å²) in [5, 5.41) is 1.00. The minimum absolute atomic E-state index is 0.00440. The molecule has 106 valence electrons. The van der Waals surface area contributed by atoms with E-state index in [4.69, 9.17) is 9.02 Å². The highest BCUT2D eigenvalue weighted by Crippen LogP contribution is 2.29. The molecule has 0 spiro atoms. The average molecular weight is 289 g/mol. The molecule has 8 heteroatoms. The Kier molecular flexibility index (Phi) is 4.87. The molecule has 1 aromatic carbocycles. The smallest absolute Gasteiger partial charge is 0.339 e. The van der Waals surface area contributed by atoms with Crippen LogP contribution in [0.5, 0.6) is 5.75 Å². The van der Waals surface area contributed by atoms with Crippen molar-refractivity contribution in [3.8, 4) is 5.75 Å². The summed E-state index contributed by atoms with van der Waals surface area (Å²) in [6, 6.07) is 4.22. The Bertz CT molecular complexity index is 567. The van der Waals surface area contributed by atoms with Crippen LogP contribution in [-0.4, -0.2) is 47.8 Å². The highest BCUT2D eigenvalue weighted by Gasteiger charge is 2.29. The monoisotopic (exact) mass is 289 g/mol. The Labute approximate surface area is 111 Å². The van der Waals surface area contributed by atoms with E-state index in [1.165, 1.54) is 39.4 Å². The van der Waals surface area contributed by atoms with Crippen LogP contribution in [0.25, 0.3) is 0 Å². The Morgan fingerprint density at radius 3 is 2.32 bits per heavy atom. The van der Waals surface area contributed by atoms with Gasteiger partial charge < -0.3 is 9.47 Å². The zero-order valence-corrected chi connectivity index (χ0v) is 11.9. The van der Waals surface area contributed by atoms with Crippen molar-refractivity contribution in [2.45, 2.75) is 4.90 Å². The number of esters is 1. The van der Waals surface area contributed by atoms with Crippen molar-refractivity contribution in [3.63, 3.8) is 0 Å². The van der Waals surface area contributed by atoms with E-state index in [-0.39, 0.29) is 16.2 Å². The van der Waals surface area contributed by atoms with Crippen molar-refractivity contribution < 1.29 is 27.0 Å². The van der Waals surface area contributed by atoms with Crippen molar-refractivity contribution in [1.82, 2.24) is 5.06 Å². The molecule has 0 saturated heterocycles. The fraction of sp³-hybridized carbons (Fsp3) is 0.364. The molecular weight excluding hydrogens is 274 g/mol. The molecule has 0 radical (unpaired) electrons. The summed E-state index contributed by atoms with van der Waals surface area (Å²) in [4.78, 5) is 11.3. The van der Waals surface area contributed by atoms with Gasteiger partial charge >= 0.3 is 16.1 Å². The SMILES string of the molecule is COC(=O)c1cccc(OC)c1S(=O)(=O)ON(C)C. The maximum Gasteiger partial charge on any atom is 0.339 e. The summed E-state index contributed by atoms with van der Waals surface area (Å²) in [6.07, 6.45) is 0. The predicted octanol–water partition coefficient (Wildman–Crippen LogP) is 0.664. The van der Waals surface area contributed by atoms with Crippen LogP contribution in [0.4, 0.5) is 0 Å². The fourth-order valence-corrected chi connectivity index (χ4v) is 2.72. The second kappa shape index (κ2) is 6.00. The van der Waals surface area contributed by atoms with Crippen LogP contribution in [0.1, 0.15) is 10.4 Å². The Morgan fingerprint density at radius 1 is 1.21 bits per heavy atom. The third-order valence-electron chi connectivity index (χ3n) is 2.10. The van der Waals surface area contributed by atoms with E-state index in [1.807, 2.05) is 0 Å². The van der Waals surface area contributed by atoms with Gasteiger partial charge in [0.2, 0.25) is 0 Å². The molecule has 1 aromatic rings. The number of benzene rings is 1. The maximum absolute atomic E-state index is 12.1. The maximum atomic E-state index is 12.1. The number of rotatable bonds is 5. The molecule has 0 atom stereocenters. The molecule has 0 aliphatic carbocycles. The fourth-order valence-electron chi connectivity index (χ4n) is 1.44. The predicted molar refractivity (Wildman–Crippen MR) is 66.3 cm³/mol. The van der Waals surface area contributed by atoms with Gasteiger partial charge in [0, 0.05) is 14.1 Å². The lowest BCUT2D eigenvalue weighted by Gasteiger charge is -2.15. The molecule has 0 fully saturated rings. The molecule has 0 aliphatic heterocycles. The van der Waals surface area contributed by atoms with E-state index < -0.39 is 16.1 Å². The van der Waals surface area contributed by atoms with Crippen molar-refractivity contribution in [1.29, 1.82) is 0 Å². The van der Waals surface area contributed by atoms with Gasteiger partial charge in [0.1, 0.15) is 5.75 Å². The van der Waals surface area contributed by atoms with Crippen LogP contribution in [0.15, 0.2) is 23.1 Å². The zero-order chi connectivity index (χ0) is 14.6. The van der Waals surface area contributed by atoms with Gasteiger partial charge in [-0.05, 0) is 12.1 Å². The first-order valence-electron chi connectivity index (χ1n) is 5.20. The molecule has 19 heavy (non-hydrogen) atoms. The number of methoxy groups -OCH3 is 2. The van der Waals surface area contributed by atoms with E-state index in [1.54, 1.807) is 0 Å². The summed E-state index contributed by atoms with van der Waals surface area (Å²) in [5.41, 5.74) is -0.149. The molecule has 0 aromatic heterocycles. The van der Waals surface area contributed by atoms with E-state index in [0.717, 1.165) is 12.2 Å². The normalized spacial score (nSPS) is 11.4. The van der Waals surface area contributed by atoms with Crippen molar-refractivity contribution in [2.24, 2.45) is 0 Å². The quantitative estimate of drug-likeness (QED) is 0.581. The molecule has 0 N–H and O–H groups in total. The molecular formula is C11H15NO6S. The first-order valence-corrected chi connectivity index (χ1v) is 6.61. The number of hydroxylamine groups is 2. The van der Waals surface area contributed by atoms with Crippen molar-refractivity contribution in [2.75, 3.05) is 28.3 Å². The Hall–Kier alpha value is -1.64. The molecule has 0 unspecified atom stereocenters. The summed E-state index contributed by atoms with van der Waals surface area (Å²) in [5.74, 6) is -0.787. The number of carbonyl (C=O) groups is 1. The molecule has 0 saturated carbocycles. The number of nitrogens with zero attached hydrogens (tertiary/aromatic N) is 1. The molecule has 0 heterocycles. The van der Waals surface area contributed by atoms with Gasteiger partial charge in [-0.3, -0.25) is 0 Å². The summed E-state index contributed by atoms with van der Waals surface area (Å²) in [6.45, 7) is 0. The minimum Gasteiger partial charge on any atom is -0.495 e. The zero-order valence-electron chi connectivity index (χ0n) is 11.0. The van der Waals surface area contributed by atoms with Crippen LogP contribution in [0.3, 0.4) is 0 Å². The number of ether oxygens (including phenoxy) is 2. The van der Waals surface area contributed by atoms with Crippen LogP contribution in [0, 0.1) is 0 Å². The van der Waals surface area contributed by atoms with Gasteiger partial charge in [0.15, 0.2) is 4.90 Å². The van der Waals surface area contributed by atoms with E-state index in [0.29, 0.717) is 0 Å². The van der Waals surface area contributed by atoms with Crippen LogP contribution in [-0.2, 0) is 19.1 Å². The summed E-state index contributed by atoms with van der Waals surface area (Å²) >= 11 is 0. The molecule has 7 nitrogen and oxygen atoms in total. The topological polar surface area (TPSA) is 82.1 Å². The van der Waals surface area contributed by atoms with Crippen LogP contribution < -0.4 is 4.74 Å². The first kappa shape index (κ1) is 15.4. The highest BCUT2D eigenvalue weighted by atomic mass is 32.2. The van der Waals surface area contributed by atoms with E-state index >= 15 is 0 Å². The van der Waals surface area contributed by atoms with Gasteiger partial charge in [-0.1, -0.05) is 6.07 Å². The average Bonchev–Trinajstić information content (AvgIpc) is 2.35. The first-order chi connectivity index (χ1) is 8.83. The highest BCUT2D eigenvalue weighted by molar-refractivity contribution is 7.87. The lowest BCUT2D eigenvalue weighted by Crippen LogP contribution is -2.21. The third-order valence-corrected chi connectivity index (χ3v) is 3.52. The standard InChI is InChI=1S/C11H15NO6S/c1-12(2)18-19(14,15)10-8(11(13)17-4)6-5-7-9(10)16-3/h5-7H,1-4H3. The van der Waals surface area contributed by atoms with Crippen molar-refractivity contribution in [3.05, 3.63) is 23.8 Å². The molecule has 0 amide bonds. The van der Waals surface area contributed by atoms with Crippen LogP contribution in [0.2, 0.25) is 0 Å². The molecule has 0 bridgehead atoms. The van der Waals surface area contributed by atoms with Gasteiger partial charge in [0.05, 0.1) is 19.8 Å². The Morgan fingerprint density at radius 2 is 1.84 bits per heavy atom. The van der Waals surface area contributed by atoms with E-state index in [2.05, 4.69) is 4.74 Å². The number of hydrogen-bond donors (Lipinski definition) is 0. The lowest BCUT2D eigenvalue weighted by atomic mass is 10.2. The molecule has 1 rings (SSSR count). The van der Waals surface area contributed by atoms with Gasteiger partial charge in [0.25, 0.3) is 0 Å². The largest absolute Gasteiger partial charge is 0.495 e. The van der Waals surface area contributed by atoms with Gasteiger partial charge in [-0.2, -0.15) is 17.8 Å². The number of hydrogen-bond acceptors (Lipinski definition) is 7. The lowest BCUT2D eigenvalue weighted by molar-refractivity contribution is 0.00473. The van der Waals surface area contributed by atoms with E-state index in [9.17, 15) is 13.2 Å². The second-order valence-electron chi connectivity index (χ2n) is 3.67. The minimum atomic E-state index is -4.19. The van der Waals surface area contributed by atoms with Crippen molar-refractivity contribution >= 4 is 16.1 Å². The van der Waals surface area contributed by atoms with Crippen LogP contribution >= 0.6 is 0 Å². The van der Waals surface area contributed by atoms with Gasteiger partial charge in [-0.25, -0.2) is 4.79 Å². The van der Waals surface area contributed by atoms with Gasteiger partial charge in [-0.15, -0.1) is 0 Å². The molecule has 0 aliphatic rings.